The number of hydrogen-bond acceptors (Lipinski definition) is 2. The number of rotatable bonds is 3. The van der Waals surface area contributed by atoms with Crippen molar-refractivity contribution < 1.29 is 9.90 Å². The third kappa shape index (κ3) is 2.88. The van der Waals surface area contributed by atoms with Gasteiger partial charge in [0.05, 0.1) is 5.92 Å². The van der Waals surface area contributed by atoms with Crippen LogP contribution in [0, 0.1) is 5.92 Å². The van der Waals surface area contributed by atoms with E-state index in [9.17, 15) is 9.90 Å². The minimum atomic E-state index is -1.37. The molecule has 0 amide bonds. The molecule has 3 aromatic carbocycles. The zero-order valence-corrected chi connectivity index (χ0v) is 16.5. The summed E-state index contributed by atoms with van der Waals surface area (Å²) in [6, 6.07) is 26.9. The van der Waals surface area contributed by atoms with Crippen LogP contribution in [0.2, 0.25) is 0 Å². The van der Waals surface area contributed by atoms with Crippen LogP contribution in [0.4, 0.5) is 0 Å². The molecule has 0 unspecified atom stereocenters. The lowest BCUT2D eigenvalue weighted by Crippen LogP contribution is -2.33. The Kier molecular flexibility index (Phi) is 4.58. The Morgan fingerprint density at radius 1 is 0.815 bits per heavy atom. The van der Waals surface area contributed by atoms with Crippen LogP contribution >= 0.6 is 15.9 Å². The molecule has 1 aliphatic rings. The Hall–Kier alpha value is -2.49. The molecule has 0 fully saturated rings. The number of hydrogen-bond donors (Lipinski definition) is 1. The maximum absolute atomic E-state index is 13.3. The van der Waals surface area contributed by atoms with E-state index in [0.29, 0.717) is 11.1 Å². The van der Waals surface area contributed by atoms with Gasteiger partial charge < -0.3 is 5.11 Å². The average molecular weight is 419 g/mol. The molecular formula is C24H19BrO2. The number of carbonyl (C=O) groups is 1. The van der Waals surface area contributed by atoms with Crippen LogP contribution < -0.4 is 0 Å². The molecule has 3 heteroatoms. The first-order valence-electron chi connectivity index (χ1n) is 8.91. The molecule has 0 heterocycles. The Labute approximate surface area is 167 Å². The van der Waals surface area contributed by atoms with Gasteiger partial charge in [0.15, 0.2) is 5.78 Å². The van der Waals surface area contributed by atoms with E-state index in [1.165, 1.54) is 0 Å². The number of allylic oxidation sites excluding steroid dienone is 1. The van der Waals surface area contributed by atoms with Gasteiger partial charge in [-0.1, -0.05) is 95.7 Å². The molecule has 134 valence electrons. The quantitative estimate of drug-likeness (QED) is 0.612. The molecule has 1 N–H and O–H groups in total. The normalized spacial score (nSPS) is 22.3. The molecule has 0 aliphatic heterocycles. The lowest BCUT2D eigenvalue weighted by Gasteiger charge is -2.31. The Balaban J connectivity index is 2.05. The lowest BCUT2D eigenvalue weighted by molar-refractivity contribution is -0.121. The second kappa shape index (κ2) is 6.91. The van der Waals surface area contributed by atoms with Crippen molar-refractivity contribution in [2.45, 2.75) is 12.5 Å². The Morgan fingerprint density at radius 2 is 1.37 bits per heavy atom. The van der Waals surface area contributed by atoms with E-state index in [0.717, 1.165) is 21.2 Å². The standard InChI is InChI=1S/C24H19BrO2/c1-16-23(26)21(17-12-14-20(25)15-13-17)22(18-8-4-2-5-9-18)24(16,27)19-10-6-3-7-11-19/h2-16,27H,1H3/t16-,24+/m1/s1. The number of benzene rings is 3. The van der Waals surface area contributed by atoms with Crippen molar-refractivity contribution in [3.63, 3.8) is 0 Å². The van der Waals surface area contributed by atoms with Gasteiger partial charge in [0.1, 0.15) is 5.60 Å². The van der Waals surface area contributed by atoms with E-state index in [1.54, 1.807) is 0 Å². The van der Waals surface area contributed by atoms with E-state index in [-0.39, 0.29) is 5.78 Å². The van der Waals surface area contributed by atoms with Crippen molar-refractivity contribution in [1.82, 2.24) is 0 Å². The van der Waals surface area contributed by atoms with E-state index in [2.05, 4.69) is 15.9 Å². The molecule has 4 rings (SSSR count). The summed E-state index contributed by atoms with van der Waals surface area (Å²) in [4.78, 5) is 13.3. The molecule has 27 heavy (non-hydrogen) atoms. The maximum Gasteiger partial charge on any atom is 0.170 e. The first-order chi connectivity index (χ1) is 13.0. The molecule has 0 bridgehead atoms. The number of aliphatic hydroxyl groups is 1. The van der Waals surface area contributed by atoms with E-state index < -0.39 is 11.5 Å². The second-order valence-electron chi connectivity index (χ2n) is 6.84. The smallest absolute Gasteiger partial charge is 0.170 e. The summed E-state index contributed by atoms with van der Waals surface area (Å²) >= 11 is 3.45. The maximum atomic E-state index is 13.3. The zero-order valence-electron chi connectivity index (χ0n) is 14.9. The molecule has 0 saturated heterocycles. The fourth-order valence-corrected chi connectivity index (χ4v) is 4.16. The summed E-state index contributed by atoms with van der Waals surface area (Å²) in [7, 11) is 0. The first-order valence-corrected chi connectivity index (χ1v) is 9.71. The molecule has 0 radical (unpaired) electrons. The highest BCUT2D eigenvalue weighted by Gasteiger charge is 2.52. The van der Waals surface area contributed by atoms with Crippen LogP contribution in [0.3, 0.4) is 0 Å². The first kappa shape index (κ1) is 17.9. The summed E-state index contributed by atoms with van der Waals surface area (Å²) in [5, 5.41) is 11.9. The topological polar surface area (TPSA) is 37.3 Å². The molecule has 0 saturated carbocycles. The third-order valence-electron chi connectivity index (χ3n) is 5.31. The van der Waals surface area contributed by atoms with Crippen LogP contribution in [0.15, 0.2) is 89.4 Å². The van der Waals surface area contributed by atoms with Gasteiger partial charge in [-0.15, -0.1) is 0 Å². The van der Waals surface area contributed by atoms with Crippen LogP contribution in [-0.2, 0) is 10.4 Å². The van der Waals surface area contributed by atoms with Crippen LogP contribution in [-0.4, -0.2) is 10.9 Å². The number of Topliss-reactive ketones (excluding diaryl/α,β-unsaturated/α-hetero) is 1. The summed E-state index contributed by atoms with van der Waals surface area (Å²) in [6.45, 7) is 1.81. The van der Waals surface area contributed by atoms with Crippen molar-refractivity contribution >= 4 is 32.9 Å². The van der Waals surface area contributed by atoms with Gasteiger partial charge in [0.25, 0.3) is 0 Å². The van der Waals surface area contributed by atoms with Crippen LogP contribution in [0.1, 0.15) is 23.6 Å². The van der Waals surface area contributed by atoms with Crippen molar-refractivity contribution in [2.24, 2.45) is 5.92 Å². The van der Waals surface area contributed by atoms with Gasteiger partial charge >= 0.3 is 0 Å². The molecular weight excluding hydrogens is 400 g/mol. The predicted octanol–water partition coefficient (Wildman–Crippen LogP) is 5.47. The lowest BCUT2D eigenvalue weighted by atomic mass is 9.78. The summed E-state index contributed by atoms with van der Waals surface area (Å²) < 4.78 is 0.949. The zero-order chi connectivity index (χ0) is 19.0. The third-order valence-corrected chi connectivity index (χ3v) is 5.84. The van der Waals surface area contributed by atoms with Gasteiger partial charge in [0, 0.05) is 15.6 Å². The van der Waals surface area contributed by atoms with Crippen molar-refractivity contribution in [3.05, 3.63) is 106 Å². The molecule has 0 aromatic heterocycles. The van der Waals surface area contributed by atoms with Crippen molar-refractivity contribution in [3.8, 4) is 0 Å². The van der Waals surface area contributed by atoms with E-state index >= 15 is 0 Å². The molecule has 1 aliphatic carbocycles. The monoisotopic (exact) mass is 418 g/mol. The molecule has 2 nitrogen and oxygen atoms in total. The summed E-state index contributed by atoms with van der Waals surface area (Å²) in [5.41, 5.74) is 2.31. The Bertz CT molecular complexity index is 1010. The molecule has 0 spiro atoms. The highest BCUT2D eigenvalue weighted by molar-refractivity contribution is 9.10. The fourth-order valence-electron chi connectivity index (χ4n) is 3.90. The average Bonchev–Trinajstić information content (AvgIpc) is 2.92. The highest BCUT2D eigenvalue weighted by atomic mass is 79.9. The SMILES string of the molecule is C[C@@H]1C(=O)C(c2ccc(Br)cc2)=C(c2ccccc2)[C@@]1(O)c1ccccc1. The van der Waals surface area contributed by atoms with Crippen molar-refractivity contribution in [1.29, 1.82) is 0 Å². The summed E-state index contributed by atoms with van der Waals surface area (Å²) in [6.07, 6.45) is 0. The highest BCUT2D eigenvalue weighted by Crippen LogP contribution is 2.53. The van der Waals surface area contributed by atoms with Gasteiger partial charge in [-0.05, 0) is 28.8 Å². The van der Waals surface area contributed by atoms with E-state index in [1.807, 2.05) is 91.9 Å². The van der Waals surface area contributed by atoms with Gasteiger partial charge in [-0.2, -0.15) is 0 Å². The van der Waals surface area contributed by atoms with Crippen LogP contribution in [0.25, 0.3) is 11.1 Å². The molecule has 3 aromatic rings. The molecule has 2 atom stereocenters. The Morgan fingerprint density at radius 3 is 1.96 bits per heavy atom. The van der Waals surface area contributed by atoms with Gasteiger partial charge in [-0.3, -0.25) is 4.79 Å². The summed E-state index contributed by atoms with van der Waals surface area (Å²) in [5.74, 6) is -0.615. The van der Waals surface area contributed by atoms with Gasteiger partial charge in [-0.25, -0.2) is 0 Å². The van der Waals surface area contributed by atoms with Gasteiger partial charge in [0.2, 0.25) is 0 Å². The predicted molar refractivity (Wildman–Crippen MR) is 112 cm³/mol. The van der Waals surface area contributed by atoms with E-state index in [4.69, 9.17) is 0 Å². The minimum absolute atomic E-state index is 0.0393. The minimum Gasteiger partial charge on any atom is -0.380 e. The van der Waals surface area contributed by atoms with Crippen molar-refractivity contribution in [2.75, 3.05) is 0 Å². The second-order valence-corrected chi connectivity index (χ2v) is 7.76. The fraction of sp³-hybridized carbons (Fsp3) is 0.125. The number of halogens is 1. The number of ketones is 1. The number of carbonyl (C=O) groups excluding carboxylic acids is 1. The van der Waals surface area contributed by atoms with Crippen LogP contribution in [0.5, 0.6) is 0 Å². The largest absolute Gasteiger partial charge is 0.380 e.